The first-order valence-corrected chi connectivity index (χ1v) is 5.94. The van der Waals surface area contributed by atoms with E-state index in [4.69, 9.17) is 21.8 Å². The molecule has 0 aliphatic carbocycles. The zero-order valence-corrected chi connectivity index (χ0v) is 11.3. The number of ether oxygens (including phenoxy) is 1. The highest BCUT2D eigenvalue weighted by atomic mass is 32.1. The van der Waals surface area contributed by atoms with E-state index < -0.39 is 11.7 Å². The summed E-state index contributed by atoms with van der Waals surface area (Å²) in [7, 11) is 0. The second-order valence-electron chi connectivity index (χ2n) is 4.54. The Kier molecular flexibility index (Phi) is 7.05. The molecule has 94 valence electrons. The van der Waals surface area contributed by atoms with Gasteiger partial charge < -0.3 is 9.57 Å². The number of rotatable bonds is 4. The number of carbonyl (C=O) groups is 1. The van der Waals surface area contributed by atoms with Crippen LogP contribution in [0.15, 0.2) is 0 Å². The van der Waals surface area contributed by atoms with Gasteiger partial charge in [-0.1, -0.05) is 19.8 Å². The molecule has 0 bridgehead atoms. The minimum Gasteiger partial charge on any atom is -0.442 e. The third-order valence-corrected chi connectivity index (χ3v) is 1.92. The fourth-order valence-electron chi connectivity index (χ4n) is 0.968. The van der Waals surface area contributed by atoms with Crippen molar-refractivity contribution >= 4 is 23.4 Å². The van der Waals surface area contributed by atoms with Crippen molar-refractivity contribution in [3.8, 4) is 0 Å². The van der Waals surface area contributed by atoms with Crippen LogP contribution in [-0.4, -0.2) is 16.7 Å². The highest BCUT2D eigenvalue weighted by Crippen LogP contribution is 2.06. The summed E-state index contributed by atoms with van der Waals surface area (Å²) in [5.74, 6) is 0. The molecule has 0 aromatic rings. The number of hydrogen-bond acceptors (Lipinski definition) is 4. The lowest BCUT2D eigenvalue weighted by Gasteiger charge is -2.19. The van der Waals surface area contributed by atoms with Gasteiger partial charge in [0.05, 0.1) is 0 Å². The van der Waals surface area contributed by atoms with Crippen molar-refractivity contribution in [1.29, 1.82) is 0 Å². The molecule has 0 aliphatic heterocycles. The SMILES string of the molecule is CCCCCC(=S)ONC(=O)OC(C)(C)C. The van der Waals surface area contributed by atoms with Gasteiger partial charge in [0, 0.05) is 6.42 Å². The predicted molar refractivity (Wildman–Crippen MR) is 67.2 cm³/mol. The second-order valence-corrected chi connectivity index (χ2v) is 4.99. The second kappa shape index (κ2) is 7.44. The van der Waals surface area contributed by atoms with Gasteiger partial charge in [0.25, 0.3) is 0 Å². The maximum Gasteiger partial charge on any atom is 0.441 e. The lowest BCUT2D eigenvalue weighted by molar-refractivity contribution is 0.0263. The molecule has 0 rings (SSSR count). The number of carbonyl (C=O) groups excluding carboxylic acids is 1. The zero-order valence-electron chi connectivity index (χ0n) is 10.5. The average Bonchev–Trinajstić information content (AvgIpc) is 2.12. The third-order valence-electron chi connectivity index (χ3n) is 1.63. The maximum absolute atomic E-state index is 11.2. The molecule has 0 heterocycles. The summed E-state index contributed by atoms with van der Waals surface area (Å²) >= 11 is 4.93. The summed E-state index contributed by atoms with van der Waals surface area (Å²) < 4.78 is 4.98. The zero-order chi connectivity index (χ0) is 12.6. The average molecular weight is 247 g/mol. The summed E-state index contributed by atoms with van der Waals surface area (Å²) in [5, 5.41) is 0.388. The molecule has 0 atom stereocenters. The van der Waals surface area contributed by atoms with Gasteiger partial charge in [0.2, 0.25) is 0 Å². The summed E-state index contributed by atoms with van der Waals surface area (Å²) in [6.45, 7) is 7.47. The molecule has 5 heteroatoms. The van der Waals surface area contributed by atoms with E-state index in [1.165, 1.54) is 0 Å². The molecule has 0 aromatic heterocycles. The summed E-state index contributed by atoms with van der Waals surface area (Å²) in [6.07, 6.45) is 3.27. The Hall–Kier alpha value is -0.840. The van der Waals surface area contributed by atoms with Crippen LogP contribution in [0.25, 0.3) is 0 Å². The van der Waals surface area contributed by atoms with Gasteiger partial charge in [-0.25, -0.2) is 4.79 Å². The van der Waals surface area contributed by atoms with Crippen molar-refractivity contribution in [3.05, 3.63) is 0 Å². The number of hydroxylamine groups is 1. The van der Waals surface area contributed by atoms with Crippen molar-refractivity contribution in [3.63, 3.8) is 0 Å². The number of nitrogens with one attached hydrogen (secondary N) is 1. The van der Waals surface area contributed by atoms with Crippen molar-refractivity contribution in [2.45, 2.75) is 59.0 Å². The largest absolute Gasteiger partial charge is 0.442 e. The van der Waals surface area contributed by atoms with Crippen LogP contribution in [0.3, 0.4) is 0 Å². The fraction of sp³-hybridized carbons (Fsp3) is 0.818. The standard InChI is InChI=1S/C11H21NO3S/c1-5-6-7-8-9(16)15-12-10(13)14-11(2,3)4/h5-8H2,1-4H3,(H,12,13). The Bertz CT molecular complexity index is 236. The molecule has 0 aliphatic rings. The first-order chi connectivity index (χ1) is 7.35. The van der Waals surface area contributed by atoms with Crippen molar-refractivity contribution in [1.82, 2.24) is 5.48 Å². The van der Waals surface area contributed by atoms with Crippen molar-refractivity contribution in [2.75, 3.05) is 0 Å². The number of amides is 1. The number of thiocarbonyl (C=S) groups is 1. The minimum absolute atomic E-state index is 0.388. The first kappa shape index (κ1) is 15.2. The van der Waals surface area contributed by atoms with Gasteiger partial charge in [-0.3, -0.25) is 0 Å². The highest BCUT2D eigenvalue weighted by Gasteiger charge is 2.16. The molecule has 1 amide bonds. The van der Waals surface area contributed by atoms with Crippen LogP contribution in [-0.2, 0) is 9.57 Å². The van der Waals surface area contributed by atoms with E-state index in [1.54, 1.807) is 20.8 Å². The van der Waals surface area contributed by atoms with E-state index in [2.05, 4.69) is 12.4 Å². The van der Waals surface area contributed by atoms with Gasteiger partial charge in [0.1, 0.15) is 5.60 Å². The van der Waals surface area contributed by atoms with Crippen LogP contribution in [0.4, 0.5) is 4.79 Å². The highest BCUT2D eigenvalue weighted by molar-refractivity contribution is 7.80. The van der Waals surface area contributed by atoms with Crippen LogP contribution >= 0.6 is 12.2 Å². The van der Waals surface area contributed by atoms with E-state index in [-0.39, 0.29) is 0 Å². The molecule has 1 N–H and O–H groups in total. The molecular weight excluding hydrogens is 226 g/mol. The van der Waals surface area contributed by atoms with Gasteiger partial charge >= 0.3 is 6.09 Å². The topological polar surface area (TPSA) is 47.6 Å². The Morgan fingerprint density at radius 2 is 1.94 bits per heavy atom. The number of unbranched alkanes of at least 4 members (excludes halogenated alkanes) is 2. The van der Waals surface area contributed by atoms with E-state index in [1.807, 2.05) is 0 Å². The molecule has 0 aromatic carbocycles. The lowest BCUT2D eigenvalue weighted by atomic mass is 10.2. The molecule has 4 nitrogen and oxygen atoms in total. The van der Waals surface area contributed by atoms with Crippen LogP contribution in [0.5, 0.6) is 0 Å². The fourth-order valence-corrected chi connectivity index (χ4v) is 1.15. The van der Waals surface area contributed by atoms with Crippen LogP contribution in [0.2, 0.25) is 0 Å². The smallest absolute Gasteiger partial charge is 0.441 e. The maximum atomic E-state index is 11.2. The Morgan fingerprint density at radius 1 is 1.31 bits per heavy atom. The van der Waals surface area contributed by atoms with E-state index in [0.29, 0.717) is 11.5 Å². The van der Waals surface area contributed by atoms with Crippen LogP contribution in [0, 0.1) is 0 Å². The van der Waals surface area contributed by atoms with Crippen molar-refractivity contribution < 1.29 is 14.4 Å². The molecule has 0 saturated heterocycles. The third kappa shape index (κ3) is 9.71. The first-order valence-electron chi connectivity index (χ1n) is 5.54. The van der Waals surface area contributed by atoms with E-state index >= 15 is 0 Å². The van der Waals surface area contributed by atoms with Gasteiger partial charge in [-0.2, -0.15) is 5.48 Å². The molecule has 0 unspecified atom stereocenters. The molecule has 0 fully saturated rings. The predicted octanol–water partition coefficient (Wildman–Crippen LogP) is 3.35. The van der Waals surface area contributed by atoms with Crippen LogP contribution in [0.1, 0.15) is 53.4 Å². The minimum atomic E-state index is -0.620. The molecule has 0 radical (unpaired) electrons. The Morgan fingerprint density at radius 3 is 2.44 bits per heavy atom. The number of hydrogen-bond donors (Lipinski definition) is 1. The molecule has 16 heavy (non-hydrogen) atoms. The Balaban J connectivity index is 3.63. The molecule has 0 spiro atoms. The summed E-state index contributed by atoms with van der Waals surface area (Å²) in [5.41, 5.74) is 1.63. The molecule has 0 saturated carbocycles. The Labute approximate surface area is 103 Å². The molecular formula is C11H21NO3S. The monoisotopic (exact) mass is 247 g/mol. The van der Waals surface area contributed by atoms with E-state index in [9.17, 15) is 4.79 Å². The van der Waals surface area contributed by atoms with E-state index in [0.717, 1.165) is 19.3 Å². The van der Waals surface area contributed by atoms with Gasteiger partial charge in [-0.05, 0) is 39.4 Å². The van der Waals surface area contributed by atoms with Gasteiger partial charge in [-0.15, -0.1) is 0 Å². The van der Waals surface area contributed by atoms with Gasteiger partial charge in [0.15, 0.2) is 5.05 Å². The quantitative estimate of drug-likeness (QED) is 0.470. The lowest BCUT2D eigenvalue weighted by Crippen LogP contribution is -2.33. The summed E-state index contributed by atoms with van der Waals surface area (Å²) in [4.78, 5) is 16.1. The normalized spacial score (nSPS) is 10.8. The van der Waals surface area contributed by atoms with Crippen molar-refractivity contribution in [2.24, 2.45) is 0 Å². The van der Waals surface area contributed by atoms with Crippen LogP contribution < -0.4 is 5.48 Å². The summed E-state index contributed by atoms with van der Waals surface area (Å²) in [6, 6.07) is 0.